The van der Waals surface area contributed by atoms with E-state index < -0.39 is 34.5 Å². The number of ether oxygens (including phenoxy) is 1. The van der Waals surface area contributed by atoms with Crippen LogP contribution in [-0.2, 0) is 19.9 Å². The van der Waals surface area contributed by atoms with Crippen LogP contribution in [-0.4, -0.2) is 49.6 Å². The van der Waals surface area contributed by atoms with Gasteiger partial charge in [-0.25, -0.2) is 4.39 Å². The van der Waals surface area contributed by atoms with Crippen molar-refractivity contribution in [3.63, 3.8) is 0 Å². The van der Waals surface area contributed by atoms with E-state index in [-0.39, 0.29) is 41.4 Å². The summed E-state index contributed by atoms with van der Waals surface area (Å²) in [6.07, 6.45) is -4.37. The molecule has 2 aliphatic heterocycles. The highest BCUT2D eigenvalue weighted by atomic mass is 35.5. The minimum atomic E-state index is -5.12. The number of nitrogens with one attached hydrogen (secondary N) is 1. The molecule has 1 spiro atoms. The molecule has 0 aliphatic carbocycles. The fourth-order valence-electron chi connectivity index (χ4n) is 5.48. The largest absolute Gasteiger partial charge is 0.431 e. The smallest absolute Gasteiger partial charge is 0.356 e. The molecule has 11 heteroatoms. The Balaban J connectivity index is 1.65. The zero-order valence-electron chi connectivity index (χ0n) is 19.3. The number of hydrogen-bond donors (Lipinski definition) is 1. The number of rotatable bonds is 4. The van der Waals surface area contributed by atoms with Gasteiger partial charge in [0.1, 0.15) is 5.82 Å². The second-order valence-corrected chi connectivity index (χ2v) is 10.1. The normalized spacial score (nSPS) is 21.7. The molecule has 2 heterocycles. The summed E-state index contributed by atoms with van der Waals surface area (Å²) >= 11 is 12.0. The van der Waals surface area contributed by atoms with Crippen molar-refractivity contribution >= 4 is 35.0 Å². The van der Waals surface area contributed by atoms with Crippen molar-refractivity contribution in [3.05, 3.63) is 69.5 Å². The molecule has 0 unspecified atom stereocenters. The Labute approximate surface area is 215 Å². The Kier molecular flexibility index (Phi) is 7.29. The molecule has 2 aliphatic rings. The lowest BCUT2D eigenvalue weighted by molar-refractivity contribution is -0.271. The van der Waals surface area contributed by atoms with Crippen molar-refractivity contribution in [1.82, 2.24) is 10.2 Å². The quantitative estimate of drug-likeness (QED) is 0.519. The first-order valence-electron chi connectivity index (χ1n) is 11.3. The summed E-state index contributed by atoms with van der Waals surface area (Å²) in [6, 6.07) is 9.37. The van der Waals surface area contributed by atoms with Crippen LogP contribution in [0.3, 0.4) is 0 Å². The van der Waals surface area contributed by atoms with Crippen LogP contribution in [0.2, 0.25) is 10.0 Å². The average Bonchev–Trinajstić information content (AvgIpc) is 2.81. The fourth-order valence-corrected chi connectivity index (χ4v) is 6.03. The van der Waals surface area contributed by atoms with Gasteiger partial charge in [-0.1, -0.05) is 41.4 Å². The van der Waals surface area contributed by atoms with Gasteiger partial charge >= 0.3 is 6.18 Å². The molecule has 2 aromatic carbocycles. The second-order valence-electron chi connectivity index (χ2n) is 9.25. The van der Waals surface area contributed by atoms with Gasteiger partial charge in [0.15, 0.2) is 0 Å². The summed E-state index contributed by atoms with van der Waals surface area (Å²) in [6.45, 7) is 0.287. The van der Waals surface area contributed by atoms with Crippen molar-refractivity contribution in [2.45, 2.75) is 37.0 Å². The SMILES string of the molecule is CO[C@@](C(=O)N1CCC2(CC1)CC(=O)NC[C@H]2c1ccc(F)cc1)(c1ccc(Cl)cc1Cl)C(F)(F)F. The summed E-state index contributed by atoms with van der Waals surface area (Å²) in [4.78, 5) is 27.0. The zero-order chi connectivity index (χ0) is 26.3. The molecule has 2 fully saturated rings. The lowest BCUT2D eigenvalue weighted by Gasteiger charge is -2.50. The topological polar surface area (TPSA) is 58.6 Å². The van der Waals surface area contributed by atoms with E-state index in [1.807, 2.05) is 0 Å². The molecule has 0 saturated carbocycles. The number of hydrogen-bond acceptors (Lipinski definition) is 3. The standard InChI is InChI=1S/C25H24Cl2F4N2O3/c1-36-24(25(29,30)31,18-7-4-16(26)12-20(18)27)22(35)33-10-8-23(9-11-33)13-21(34)32-14-19(23)15-2-5-17(28)6-3-15/h2-7,12,19H,8-11,13-14H2,1H3,(H,32,34)/t19-,24+/m0/s1. The van der Waals surface area contributed by atoms with Crippen LogP contribution in [0, 0.1) is 11.2 Å². The first-order valence-corrected chi connectivity index (χ1v) is 12.1. The van der Waals surface area contributed by atoms with Crippen LogP contribution < -0.4 is 5.32 Å². The summed E-state index contributed by atoms with van der Waals surface area (Å²) in [7, 11) is 0.817. The molecule has 2 amide bonds. The molecule has 4 rings (SSSR count). The van der Waals surface area contributed by atoms with Gasteiger partial charge in [-0.05, 0) is 48.1 Å². The van der Waals surface area contributed by atoms with Gasteiger partial charge in [-0.15, -0.1) is 0 Å². The molecule has 36 heavy (non-hydrogen) atoms. The van der Waals surface area contributed by atoms with Crippen molar-refractivity contribution in [3.8, 4) is 0 Å². The van der Waals surface area contributed by atoms with Crippen molar-refractivity contribution in [2.24, 2.45) is 5.41 Å². The van der Waals surface area contributed by atoms with Gasteiger partial charge in [0.2, 0.25) is 5.91 Å². The molecular formula is C25H24Cl2F4N2O3. The van der Waals surface area contributed by atoms with Gasteiger partial charge in [0.25, 0.3) is 11.5 Å². The molecule has 5 nitrogen and oxygen atoms in total. The maximum Gasteiger partial charge on any atom is 0.431 e. The van der Waals surface area contributed by atoms with Gasteiger partial charge < -0.3 is 15.0 Å². The number of carbonyl (C=O) groups is 2. The van der Waals surface area contributed by atoms with E-state index in [4.69, 9.17) is 27.9 Å². The molecule has 0 aromatic heterocycles. The highest BCUT2D eigenvalue weighted by Crippen LogP contribution is 2.51. The monoisotopic (exact) mass is 546 g/mol. The molecule has 194 valence electrons. The van der Waals surface area contributed by atoms with Crippen molar-refractivity contribution in [2.75, 3.05) is 26.7 Å². The first kappa shape index (κ1) is 26.7. The number of likely N-dealkylation sites (tertiary alicyclic amines) is 1. The third-order valence-electron chi connectivity index (χ3n) is 7.39. The minimum Gasteiger partial charge on any atom is -0.356 e. The molecule has 0 bridgehead atoms. The van der Waals surface area contributed by atoms with Crippen molar-refractivity contribution in [1.29, 1.82) is 0 Å². The van der Waals surface area contributed by atoms with Gasteiger partial charge in [0, 0.05) is 54.7 Å². The van der Waals surface area contributed by atoms with Crippen molar-refractivity contribution < 1.29 is 31.9 Å². The Morgan fingerprint density at radius 3 is 2.31 bits per heavy atom. The van der Waals surface area contributed by atoms with Crippen LogP contribution in [0.1, 0.15) is 36.3 Å². The van der Waals surface area contributed by atoms with Gasteiger partial charge in [-0.2, -0.15) is 13.2 Å². The van der Waals surface area contributed by atoms with E-state index in [0.29, 0.717) is 19.4 Å². The number of amides is 2. The molecule has 2 aromatic rings. The summed E-state index contributed by atoms with van der Waals surface area (Å²) < 4.78 is 62.0. The highest BCUT2D eigenvalue weighted by molar-refractivity contribution is 6.35. The molecule has 2 saturated heterocycles. The number of halogens is 6. The summed E-state index contributed by atoms with van der Waals surface area (Å²) in [5.74, 6) is -2.01. The lowest BCUT2D eigenvalue weighted by Crippen LogP contribution is -2.60. The Morgan fingerprint density at radius 1 is 1.11 bits per heavy atom. The summed E-state index contributed by atoms with van der Waals surface area (Å²) in [5.41, 5.74) is -3.62. The van der Waals surface area contributed by atoms with Crippen LogP contribution in [0.15, 0.2) is 42.5 Å². The molecular weight excluding hydrogens is 523 g/mol. The lowest BCUT2D eigenvalue weighted by atomic mass is 9.62. The van der Waals surface area contributed by atoms with E-state index in [1.54, 1.807) is 12.1 Å². The van der Waals surface area contributed by atoms with Gasteiger partial charge in [0.05, 0.1) is 0 Å². The predicted octanol–water partition coefficient (Wildman–Crippen LogP) is 5.45. The second kappa shape index (κ2) is 9.84. The number of piperidine rings is 2. The van der Waals surface area contributed by atoms with E-state index in [2.05, 4.69) is 5.32 Å². The molecule has 0 radical (unpaired) electrons. The Bertz CT molecular complexity index is 1150. The third-order valence-corrected chi connectivity index (χ3v) is 7.94. The zero-order valence-corrected chi connectivity index (χ0v) is 20.8. The predicted molar refractivity (Wildman–Crippen MR) is 126 cm³/mol. The maximum absolute atomic E-state index is 14.5. The average molecular weight is 547 g/mol. The maximum atomic E-state index is 14.5. The molecule has 2 atom stereocenters. The number of carbonyl (C=O) groups excluding carboxylic acids is 2. The third kappa shape index (κ3) is 4.57. The number of nitrogens with zero attached hydrogens (tertiary/aromatic N) is 1. The van der Waals surface area contributed by atoms with Crippen LogP contribution >= 0.6 is 23.2 Å². The number of benzene rings is 2. The summed E-state index contributed by atoms with van der Waals surface area (Å²) in [5, 5.41) is 2.60. The van der Waals surface area contributed by atoms with Gasteiger partial charge in [-0.3, -0.25) is 9.59 Å². The number of alkyl halides is 3. The van der Waals surface area contributed by atoms with Crippen LogP contribution in [0.4, 0.5) is 17.6 Å². The van der Waals surface area contributed by atoms with E-state index >= 15 is 0 Å². The van der Waals surface area contributed by atoms with E-state index in [1.165, 1.54) is 18.2 Å². The minimum absolute atomic E-state index is 0.0177. The molecule has 1 N–H and O–H groups in total. The highest BCUT2D eigenvalue weighted by Gasteiger charge is 2.65. The number of methoxy groups -OCH3 is 1. The van der Waals surface area contributed by atoms with Crippen LogP contribution in [0.5, 0.6) is 0 Å². The first-order chi connectivity index (χ1) is 16.9. The Morgan fingerprint density at radius 2 is 1.75 bits per heavy atom. The van der Waals surface area contributed by atoms with E-state index in [9.17, 15) is 27.2 Å². The fraction of sp³-hybridized carbons (Fsp3) is 0.440. The van der Waals surface area contributed by atoms with Crippen LogP contribution in [0.25, 0.3) is 0 Å². The van der Waals surface area contributed by atoms with E-state index in [0.717, 1.165) is 29.7 Å². The Hall–Kier alpha value is -2.36.